The lowest BCUT2D eigenvalue weighted by Gasteiger charge is -2.59. The smallest absolute Gasteiger partial charge is 0.318 e. The van der Waals surface area contributed by atoms with Crippen LogP contribution in [-0.4, -0.2) is 70.5 Å². The zero-order chi connectivity index (χ0) is 50.2. The third-order valence-corrected chi connectivity index (χ3v) is 24.0. The molecule has 9 nitrogen and oxygen atoms in total. The fraction of sp³-hybridized carbons (Fsp3) is 0.738. The van der Waals surface area contributed by atoms with Crippen molar-refractivity contribution in [2.75, 3.05) is 13.2 Å². The maximum Gasteiger partial charge on any atom is 0.318 e. The Morgan fingerprint density at radius 3 is 1.96 bits per heavy atom. The van der Waals surface area contributed by atoms with E-state index < -0.39 is 61.2 Å². The first kappa shape index (κ1) is 53.1. The van der Waals surface area contributed by atoms with E-state index in [1.807, 2.05) is 60.7 Å². The fourth-order valence-electron chi connectivity index (χ4n) is 14.9. The van der Waals surface area contributed by atoms with Crippen LogP contribution in [0.5, 0.6) is 0 Å². The summed E-state index contributed by atoms with van der Waals surface area (Å²) < 4.78 is 49.4. The van der Waals surface area contributed by atoms with Crippen LogP contribution in [0.25, 0.3) is 0 Å². The molecule has 0 radical (unpaired) electrons. The van der Waals surface area contributed by atoms with Crippen molar-refractivity contribution in [3.8, 4) is 0 Å². The molecule has 4 aliphatic heterocycles. The van der Waals surface area contributed by atoms with Crippen LogP contribution in [0.1, 0.15) is 181 Å². The Kier molecular flexibility index (Phi) is 16.1. The lowest BCUT2D eigenvalue weighted by molar-refractivity contribution is -0.445. The molecule has 0 N–H and O–H groups in total. The molecule has 0 spiro atoms. The zero-order valence-electron chi connectivity index (χ0n) is 45.1. The molecule has 4 aliphatic carbocycles. The number of carbonyl (C=O) groups excluding carboxylic acids is 2. The van der Waals surface area contributed by atoms with Crippen LogP contribution in [0.4, 0.5) is 0 Å². The van der Waals surface area contributed by atoms with Crippen molar-refractivity contribution in [1.82, 2.24) is 0 Å². The van der Waals surface area contributed by atoms with Gasteiger partial charge in [-0.15, -0.1) is 0 Å². The second-order valence-corrected chi connectivity index (χ2v) is 29.8. The lowest BCUT2D eigenvalue weighted by atomic mass is 9.43. The van der Waals surface area contributed by atoms with Gasteiger partial charge in [-0.05, 0) is 84.5 Å². The predicted molar refractivity (Wildman–Crippen MR) is 281 cm³/mol. The molecule has 10 rings (SSSR count). The van der Waals surface area contributed by atoms with Crippen LogP contribution in [0.2, 0.25) is 18.1 Å². The van der Waals surface area contributed by atoms with E-state index in [1.54, 1.807) is 0 Å². The Labute approximate surface area is 428 Å². The molecule has 7 fully saturated rings. The average molecular weight is 995 g/mol. The van der Waals surface area contributed by atoms with Crippen LogP contribution < -0.4 is 0 Å². The molecule has 13 atom stereocenters. The minimum Gasteiger partial charge on any atom is -0.452 e. The normalized spacial score (nSPS) is 35.5. The van der Waals surface area contributed by atoms with Crippen LogP contribution >= 0.6 is 0 Å². The first-order valence-electron chi connectivity index (χ1n) is 28.5. The number of rotatable bonds is 27. The zero-order valence-corrected chi connectivity index (χ0v) is 46.1. The van der Waals surface area contributed by atoms with Gasteiger partial charge in [-0.3, -0.25) is 9.53 Å². The molecular weight excluding hydrogens is 905 g/mol. The highest BCUT2D eigenvalue weighted by molar-refractivity contribution is 6.74. The molecule has 71 heavy (non-hydrogen) atoms. The Morgan fingerprint density at radius 2 is 1.39 bits per heavy atom. The molecule has 2 aromatic carbocycles. The summed E-state index contributed by atoms with van der Waals surface area (Å²) >= 11 is 0. The maximum atomic E-state index is 16.3. The predicted octanol–water partition coefficient (Wildman–Crippen LogP) is 14.2. The summed E-state index contributed by atoms with van der Waals surface area (Å²) in [5.41, 5.74) is -0.255. The lowest BCUT2D eigenvalue weighted by Crippen LogP contribution is -2.68. The topological polar surface area (TPSA) is 98.8 Å². The number of allylic oxidation sites excluding steroid dienone is 1. The number of carbonyl (C=O) groups is 2. The second kappa shape index (κ2) is 21.5. The van der Waals surface area contributed by atoms with E-state index in [0.717, 1.165) is 48.8 Å². The summed E-state index contributed by atoms with van der Waals surface area (Å²) in [4.78, 5) is 30.8. The second-order valence-electron chi connectivity index (χ2n) is 25.1. The number of ether oxygens (including phenoxy) is 6. The molecule has 10 heteroatoms. The Hall–Kier alpha value is -2.70. The number of fused-ring (bicyclic) bond motifs is 2. The summed E-state index contributed by atoms with van der Waals surface area (Å²) in [7, 11) is -2.50. The minimum absolute atomic E-state index is 0.0154. The quantitative estimate of drug-likeness (QED) is 0.0285. The molecule has 4 heterocycles. The average Bonchev–Trinajstić information content (AvgIpc) is 4.09. The van der Waals surface area contributed by atoms with Gasteiger partial charge < -0.3 is 32.9 Å². The van der Waals surface area contributed by atoms with Gasteiger partial charge in [0.2, 0.25) is 0 Å². The number of hydrogen-bond acceptors (Lipinski definition) is 9. The molecule has 4 saturated heterocycles. The Morgan fingerprint density at radius 1 is 0.803 bits per heavy atom. The van der Waals surface area contributed by atoms with Gasteiger partial charge in [0.1, 0.15) is 30.0 Å². The molecule has 3 saturated carbocycles. The highest BCUT2D eigenvalue weighted by Crippen LogP contribution is 2.83. The largest absolute Gasteiger partial charge is 0.452 e. The number of aldehydes is 1. The van der Waals surface area contributed by atoms with Gasteiger partial charge in [0, 0.05) is 12.0 Å². The van der Waals surface area contributed by atoms with Crippen molar-refractivity contribution >= 4 is 20.6 Å². The van der Waals surface area contributed by atoms with E-state index in [9.17, 15) is 4.79 Å². The van der Waals surface area contributed by atoms with E-state index in [1.165, 1.54) is 83.3 Å². The number of hydrogen-bond donors (Lipinski definition) is 0. The summed E-state index contributed by atoms with van der Waals surface area (Å²) in [5, 5.41) is -0.126. The molecule has 0 aromatic heterocycles. The van der Waals surface area contributed by atoms with Gasteiger partial charge in [-0.2, -0.15) is 0 Å². The van der Waals surface area contributed by atoms with Crippen molar-refractivity contribution in [3.05, 3.63) is 83.4 Å². The van der Waals surface area contributed by atoms with Gasteiger partial charge in [0.25, 0.3) is 0 Å². The SMILES string of the molecule is CCCCCCCCCCCCCCCCOC1C2OC3(OCC45CC6C(C)CCC6C6(C=O)CC4C=C(C(C)C)C65C(=O)OC(c4ccccc4)c4ccccc4)OC2OC1C3O[Si](C)(C)C(C)(C)C. The molecular formula is C61H90O9Si. The fourth-order valence-corrected chi connectivity index (χ4v) is 16.2. The molecule has 8 aliphatic rings. The van der Waals surface area contributed by atoms with Crippen molar-refractivity contribution in [2.45, 2.75) is 225 Å². The van der Waals surface area contributed by atoms with E-state index in [2.05, 4.69) is 67.6 Å². The number of esters is 1. The van der Waals surface area contributed by atoms with Crippen molar-refractivity contribution in [3.63, 3.8) is 0 Å². The third-order valence-electron chi connectivity index (χ3n) is 19.5. The van der Waals surface area contributed by atoms with Gasteiger partial charge >= 0.3 is 11.9 Å². The van der Waals surface area contributed by atoms with Crippen LogP contribution in [-0.2, 0) is 42.4 Å². The molecule has 8 bridgehead atoms. The molecule has 2 aromatic rings. The van der Waals surface area contributed by atoms with Crippen molar-refractivity contribution < 1.29 is 42.4 Å². The molecule has 13 unspecified atom stereocenters. The van der Waals surface area contributed by atoms with Gasteiger partial charge in [0.15, 0.2) is 26.8 Å². The summed E-state index contributed by atoms with van der Waals surface area (Å²) in [5.74, 6) is -1.31. The first-order valence-corrected chi connectivity index (χ1v) is 31.4. The van der Waals surface area contributed by atoms with Crippen LogP contribution in [0, 0.1) is 45.8 Å². The van der Waals surface area contributed by atoms with E-state index in [0.29, 0.717) is 18.9 Å². The maximum absolute atomic E-state index is 16.3. The highest BCUT2D eigenvalue weighted by atomic mass is 28.4. The highest BCUT2D eigenvalue weighted by Gasteiger charge is 2.85. The summed E-state index contributed by atoms with van der Waals surface area (Å²) in [6.45, 7) is 21.0. The monoisotopic (exact) mass is 995 g/mol. The molecule has 0 amide bonds. The van der Waals surface area contributed by atoms with Crippen LogP contribution in [0.15, 0.2) is 72.3 Å². The van der Waals surface area contributed by atoms with E-state index >= 15 is 4.79 Å². The Bertz CT molecular complexity index is 2100. The van der Waals surface area contributed by atoms with Crippen molar-refractivity contribution in [1.29, 1.82) is 0 Å². The minimum atomic E-state index is -2.50. The van der Waals surface area contributed by atoms with Gasteiger partial charge in [-0.25, -0.2) is 0 Å². The Balaban J connectivity index is 0.961. The summed E-state index contributed by atoms with van der Waals surface area (Å²) in [6, 6.07) is 20.0. The van der Waals surface area contributed by atoms with E-state index in [-0.39, 0.29) is 47.4 Å². The van der Waals surface area contributed by atoms with E-state index in [4.69, 9.17) is 32.8 Å². The van der Waals surface area contributed by atoms with Crippen LogP contribution in [0.3, 0.4) is 0 Å². The van der Waals surface area contributed by atoms with Gasteiger partial charge in [0.05, 0.1) is 12.0 Å². The van der Waals surface area contributed by atoms with Gasteiger partial charge in [-0.1, -0.05) is 211 Å². The van der Waals surface area contributed by atoms with Crippen molar-refractivity contribution in [2.24, 2.45) is 45.8 Å². The molecule has 392 valence electrons. The number of unbranched alkanes of at least 4 members (excludes halogenated alkanes) is 13. The third kappa shape index (κ3) is 9.34. The standard InChI is InChI=1S/C61H90O9Si/c1-10-11-12-13-14-15-16-17-18-19-20-21-22-29-36-64-51-52-54(70-71(8,9)57(5,6)7)61(68-53(51)55(66-52)69-61)65-41-59-39-47-43(4)34-35-48(47)58(40-62)38-46(59)37-49(42(2)3)60(58,59)56(63)67-50(44-30-25-23-26-31-44)45-32-27-24-28-33-45/h23-28,30-33,37,40,42-43,46-48,50-55H,10-22,29,34-36,38-39,41H2,1-9H3. The summed E-state index contributed by atoms with van der Waals surface area (Å²) in [6.07, 6.45) is 21.8. The first-order chi connectivity index (χ1) is 34.1. The number of benzene rings is 2.